The fourth-order valence-corrected chi connectivity index (χ4v) is 2.55. The van der Waals surface area contributed by atoms with Crippen molar-refractivity contribution in [1.29, 1.82) is 0 Å². The lowest BCUT2D eigenvalue weighted by atomic mass is 9.90. The molecular weight excluding hydrogens is 164 g/mol. The molecule has 0 spiro atoms. The summed E-state index contributed by atoms with van der Waals surface area (Å²) in [4.78, 5) is 13.5. The van der Waals surface area contributed by atoms with E-state index in [1.807, 2.05) is 4.90 Å². The van der Waals surface area contributed by atoms with Crippen LogP contribution >= 0.6 is 0 Å². The number of carbonyl (C=O) groups excluding carboxylic acids is 1. The molecule has 1 saturated heterocycles. The Bertz CT molecular complexity index is 205. The summed E-state index contributed by atoms with van der Waals surface area (Å²) in [5, 5.41) is 0. The number of hydrogen-bond donors (Lipinski definition) is 1. The minimum atomic E-state index is 0.232. The Labute approximate surface area is 79.3 Å². The summed E-state index contributed by atoms with van der Waals surface area (Å²) in [6.07, 6.45) is 6.45. The first-order valence-corrected chi connectivity index (χ1v) is 5.34. The van der Waals surface area contributed by atoms with Crippen molar-refractivity contribution in [2.45, 2.75) is 50.6 Å². The van der Waals surface area contributed by atoms with E-state index in [4.69, 9.17) is 5.73 Å². The van der Waals surface area contributed by atoms with Gasteiger partial charge in [-0.2, -0.15) is 0 Å². The Morgan fingerprint density at radius 3 is 2.62 bits per heavy atom. The van der Waals surface area contributed by atoms with Crippen LogP contribution < -0.4 is 5.73 Å². The van der Waals surface area contributed by atoms with E-state index in [2.05, 4.69) is 0 Å². The Kier molecular flexibility index (Phi) is 2.54. The fraction of sp³-hybridized carbons (Fsp3) is 0.900. The first-order valence-electron chi connectivity index (χ1n) is 5.34. The standard InChI is InChI=1S/C10H18N2O/c11-8-4-1-2-5-9(8)12-7-3-6-10(12)13/h8-9H,1-7,11H2. The second kappa shape index (κ2) is 3.66. The van der Waals surface area contributed by atoms with Gasteiger partial charge in [0.05, 0.1) is 0 Å². The van der Waals surface area contributed by atoms with Crippen LogP contribution in [0, 0.1) is 0 Å². The van der Waals surface area contributed by atoms with Crippen molar-refractivity contribution in [3.05, 3.63) is 0 Å². The molecule has 1 aliphatic heterocycles. The van der Waals surface area contributed by atoms with Crippen molar-refractivity contribution in [2.75, 3.05) is 6.54 Å². The number of amides is 1. The molecule has 1 heterocycles. The Morgan fingerprint density at radius 1 is 1.23 bits per heavy atom. The van der Waals surface area contributed by atoms with Crippen LogP contribution in [-0.4, -0.2) is 29.4 Å². The van der Waals surface area contributed by atoms with Crippen LogP contribution in [0.15, 0.2) is 0 Å². The Hall–Kier alpha value is -0.570. The quantitative estimate of drug-likeness (QED) is 0.654. The summed E-state index contributed by atoms with van der Waals surface area (Å²) in [6, 6.07) is 0.583. The number of nitrogens with two attached hydrogens (primary N) is 1. The van der Waals surface area contributed by atoms with E-state index in [1.54, 1.807) is 0 Å². The van der Waals surface area contributed by atoms with E-state index in [0.29, 0.717) is 11.9 Å². The lowest BCUT2D eigenvalue weighted by Crippen LogP contribution is -2.49. The molecule has 2 unspecified atom stereocenters. The third kappa shape index (κ3) is 1.70. The van der Waals surface area contributed by atoms with Crippen LogP contribution in [0.4, 0.5) is 0 Å². The minimum Gasteiger partial charge on any atom is -0.338 e. The largest absolute Gasteiger partial charge is 0.338 e. The van der Waals surface area contributed by atoms with Crippen LogP contribution in [0.3, 0.4) is 0 Å². The highest BCUT2D eigenvalue weighted by molar-refractivity contribution is 5.78. The van der Waals surface area contributed by atoms with Crippen LogP contribution in [-0.2, 0) is 4.79 Å². The molecule has 74 valence electrons. The van der Waals surface area contributed by atoms with Gasteiger partial charge in [0.15, 0.2) is 0 Å². The van der Waals surface area contributed by atoms with Crippen LogP contribution in [0.1, 0.15) is 38.5 Å². The lowest BCUT2D eigenvalue weighted by Gasteiger charge is -2.35. The molecule has 13 heavy (non-hydrogen) atoms. The first-order chi connectivity index (χ1) is 6.29. The highest BCUT2D eigenvalue weighted by Gasteiger charge is 2.32. The zero-order chi connectivity index (χ0) is 9.26. The van der Waals surface area contributed by atoms with E-state index in [0.717, 1.165) is 32.2 Å². The number of nitrogens with zero attached hydrogens (tertiary/aromatic N) is 1. The summed E-state index contributed by atoms with van der Waals surface area (Å²) in [7, 11) is 0. The normalized spacial score (nSPS) is 35.5. The molecule has 2 N–H and O–H groups in total. The summed E-state index contributed by atoms with van der Waals surface area (Å²) in [5.74, 6) is 0.322. The van der Waals surface area contributed by atoms with E-state index < -0.39 is 0 Å². The fourth-order valence-electron chi connectivity index (χ4n) is 2.55. The molecule has 0 radical (unpaired) electrons. The molecule has 0 aromatic rings. The molecule has 1 amide bonds. The van der Waals surface area contributed by atoms with E-state index in [-0.39, 0.29) is 6.04 Å². The predicted molar refractivity (Wildman–Crippen MR) is 51.2 cm³/mol. The van der Waals surface area contributed by atoms with Gasteiger partial charge in [0.25, 0.3) is 0 Å². The zero-order valence-electron chi connectivity index (χ0n) is 8.04. The van der Waals surface area contributed by atoms with Crippen LogP contribution in [0.2, 0.25) is 0 Å². The summed E-state index contributed by atoms with van der Waals surface area (Å²) in [6.45, 7) is 0.942. The maximum absolute atomic E-state index is 11.5. The van der Waals surface area contributed by atoms with E-state index in [9.17, 15) is 4.79 Å². The highest BCUT2D eigenvalue weighted by atomic mass is 16.2. The average molecular weight is 182 g/mol. The molecule has 1 aliphatic carbocycles. The molecule has 3 heteroatoms. The molecule has 3 nitrogen and oxygen atoms in total. The summed E-state index contributed by atoms with van der Waals surface area (Å²) in [5.41, 5.74) is 6.03. The summed E-state index contributed by atoms with van der Waals surface area (Å²) >= 11 is 0. The number of rotatable bonds is 1. The van der Waals surface area contributed by atoms with Crippen molar-refractivity contribution in [1.82, 2.24) is 4.90 Å². The van der Waals surface area contributed by atoms with Crippen molar-refractivity contribution in [3.63, 3.8) is 0 Å². The molecule has 2 atom stereocenters. The molecule has 2 aliphatic rings. The smallest absolute Gasteiger partial charge is 0.222 e. The van der Waals surface area contributed by atoms with Gasteiger partial charge >= 0.3 is 0 Å². The van der Waals surface area contributed by atoms with Gasteiger partial charge in [0, 0.05) is 25.0 Å². The third-order valence-electron chi connectivity index (χ3n) is 3.29. The molecule has 2 fully saturated rings. The zero-order valence-corrected chi connectivity index (χ0v) is 8.04. The Balaban J connectivity index is 2.01. The maximum atomic E-state index is 11.5. The molecule has 2 rings (SSSR count). The van der Waals surface area contributed by atoms with Gasteiger partial charge in [-0.05, 0) is 19.3 Å². The highest BCUT2D eigenvalue weighted by Crippen LogP contribution is 2.25. The molecule has 0 bridgehead atoms. The maximum Gasteiger partial charge on any atom is 0.222 e. The molecule has 0 aromatic carbocycles. The van der Waals surface area contributed by atoms with Gasteiger partial charge in [0.2, 0.25) is 5.91 Å². The second-order valence-corrected chi connectivity index (χ2v) is 4.21. The minimum absolute atomic E-state index is 0.232. The summed E-state index contributed by atoms with van der Waals surface area (Å²) < 4.78 is 0. The van der Waals surface area contributed by atoms with Crippen molar-refractivity contribution >= 4 is 5.91 Å². The van der Waals surface area contributed by atoms with E-state index in [1.165, 1.54) is 12.8 Å². The van der Waals surface area contributed by atoms with Crippen molar-refractivity contribution < 1.29 is 4.79 Å². The van der Waals surface area contributed by atoms with Gasteiger partial charge in [-0.1, -0.05) is 12.8 Å². The molecule has 0 aromatic heterocycles. The van der Waals surface area contributed by atoms with Gasteiger partial charge < -0.3 is 10.6 Å². The number of carbonyl (C=O) groups is 1. The lowest BCUT2D eigenvalue weighted by molar-refractivity contribution is -0.130. The van der Waals surface area contributed by atoms with E-state index >= 15 is 0 Å². The van der Waals surface area contributed by atoms with Gasteiger partial charge in [0.1, 0.15) is 0 Å². The topological polar surface area (TPSA) is 46.3 Å². The molecule has 1 saturated carbocycles. The number of likely N-dealkylation sites (tertiary alicyclic amines) is 1. The predicted octanol–water partition coefficient (Wildman–Crippen LogP) is 0.879. The Morgan fingerprint density at radius 2 is 2.00 bits per heavy atom. The monoisotopic (exact) mass is 182 g/mol. The van der Waals surface area contributed by atoms with Crippen molar-refractivity contribution in [3.8, 4) is 0 Å². The van der Waals surface area contributed by atoms with Gasteiger partial charge in [-0.15, -0.1) is 0 Å². The van der Waals surface area contributed by atoms with Crippen LogP contribution in [0.25, 0.3) is 0 Å². The number of hydrogen-bond acceptors (Lipinski definition) is 2. The van der Waals surface area contributed by atoms with Gasteiger partial charge in [-0.25, -0.2) is 0 Å². The van der Waals surface area contributed by atoms with Gasteiger partial charge in [-0.3, -0.25) is 4.79 Å². The SMILES string of the molecule is NC1CCCCC1N1CCCC1=O. The van der Waals surface area contributed by atoms with Crippen LogP contribution in [0.5, 0.6) is 0 Å². The van der Waals surface area contributed by atoms with Crippen molar-refractivity contribution in [2.24, 2.45) is 5.73 Å². The average Bonchev–Trinajstić information content (AvgIpc) is 2.52. The first kappa shape index (κ1) is 9.00. The second-order valence-electron chi connectivity index (χ2n) is 4.21. The third-order valence-corrected chi connectivity index (χ3v) is 3.29. The molecular formula is C10H18N2O.